The summed E-state index contributed by atoms with van der Waals surface area (Å²) in [6.45, 7) is 2.80. The molecule has 0 bridgehead atoms. The summed E-state index contributed by atoms with van der Waals surface area (Å²) < 4.78 is 6.54. The maximum absolute atomic E-state index is 12.7. The van der Waals surface area contributed by atoms with Crippen LogP contribution < -0.4 is 10.3 Å². The molecule has 0 fully saturated rings. The number of methoxy groups -OCH3 is 1. The van der Waals surface area contributed by atoms with E-state index in [0.29, 0.717) is 18.1 Å². The van der Waals surface area contributed by atoms with E-state index < -0.39 is 0 Å². The van der Waals surface area contributed by atoms with Crippen molar-refractivity contribution in [1.29, 1.82) is 0 Å². The molecule has 0 aliphatic heterocycles. The predicted octanol–water partition coefficient (Wildman–Crippen LogP) is 2.43. The van der Waals surface area contributed by atoms with Crippen molar-refractivity contribution >= 4 is 22.2 Å². The average Bonchev–Trinajstić information content (AvgIpc) is 3.09. The molecule has 2 heterocycles. The fraction of sp³-hybridized carbons (Fsp3) is 0.235. The Hall–Kier alpha value is -2.67. The molecular formula is C17H17N3O3S. The molecule has 24 heavy (non-hydrogen) atoms. The summed E-state index contributed by atoms with van der Waals surface area (Å²) in [5.41, 5.74) is 0.719. The van der Waals surface area contributed by atoms with E-state index in [9.17, 15) is 9.59 Å². The Labute approximate surface area is 142 Å². The molecule has 0 saturated carbocycles. The highest BCUT2D eigenvalue weighted by atomic mass is 32.1. The van der Waals surface area contributed by atoms with Crippen LogP contribution in [0.15, 0.2) is 46.8 Å². The van der Waals surface area contributed by atoms with Crippen molar-refractivity contribution in [3.63, 3.8) is 0 Å². The zero-order valence-corrected chi connectivity index (χ0v) is 14.2. The van der Waals surface area contributed by atoms with Gasteiger partial charge in [0, 0.05) is 30.9 Å². The van der Waals surface area contributed by atoms with E-state index >= 15 is 0 Å². The highest BCUT2D eigenvalue weighted by molar-refractivity contribution is 7.15. The van der Waals surface area contributed by atoms with Crippen LogP contribution in [-0.2, 0) is 6.54 Å². The van der Waals surface area contributed by atoms with Gasteiger partial charge in [0.2, 0.25) is 0 Å². The quantitative estimate of drug-likeness (QED) is 0.714. The molecule has 2 aromatic heterocycles. The monoisotopic (exact) mass is 343 g/mol. The second-order valence-corrected chi connectivity index (χ2v) is 6.07. The van der Waals surface area contributed by atoms with Crippen LogP contribution in [0.3, 0.4) is 0 Å². The fourth-order valence-corrected chi connectivity index (χ4v) is 3.10. The Morgan fingerprint density at radius 2 is 2.08 bits per heavy atom. The van der Waals surface area contributed by atoms with Gasteiger partial charge in [0.05, 0.1) is 7.11 Å². The lowest BCUT2D eigenvalue weighted by Gasteiger charge is -2.20. The van der Waals surface area contributed by atoms with Gasteiger partial charge in [-0.25, -0.2) is 4.98 Å². The number of thiazole rings is 1. The Kier molecular flexibility index (Phi) is 4.61. The number of nitrogens with zero attached hydrogens (tertiary/aromatic N) is 3. The smallest absolute Gasteiger partial charge is 0.271 e. The molecule has 0 saturated heterocycles. The standard InChI is InChI=1S/C17H17N3O3S/c1-3-19(11-12-4-6-13(23-2)7-5-12)15(21)14-10-18-17-20(16(14)22)8-9-24-17/h4-10H,3,11H2,1-2H3. The first-order chi connectivity index (χ1) is 11.6. The average molecular weight is 343 g/mol. The van der Waals surface area contributed by atoms with E-state index in [1.165, 1.54) is 21.9 Å². The molecule has 0 atom stereocenters. The Bertz CT molecular complexity index is 915. The van der Waals surface area contributed by atoms with Gasteiger partial charge in [0.25, 0.3) is 11.5 Å². The molecule has 0 radical (unpaired) electrons. The van der Waals surface area contributed by atoms with Crippen LogP contribution in [-0.4, -0.2) is 33.8 Å². The number of amides is 1. The van der Waals surface area contributed by atoms with Crippen molar-refractivity contribution in [3.05, 3.63) is 63.5 Å². The van der Waals surface area contributed by atoms with Gasteiger partial charge in [-0.15, -0.1) is 11.3 Å². The first kappa shape index (κ1) is 16.2. The Morgan fingerprint density at radius 3 is 2.75 bits per heavy atom. The topological polar surface area (TPSA) is 63.9 Å². The first-order valence-electron chi connectivity index (χ1n) is 7.51. The van der Waals surface area contributed by atoms with Gasteiger partial charge >= 0.3 is 0 Å². The molecule has 1 amide bonds. The van der Waals surface area contributed by atoms with Crippen LogP contribution >= 0.6 is 11.3 Å². The van der Waals surface area contributed by atoms with Gasteiger partial charge in [-0.1, -0.05) is 12.1 Å². The number of hydrogen-bond donors (Lipinski definition) is 0. The number of carbonyl (C=O) groups excluding carboxylic acids is 1. The van der Waals surface area contributed by atoms with Crippen LogP contribution in [0.2, 0.25) is 0 Å². The minimum Gasteiger partial charge on any atom is -0.497 e. The summed E-state index contributed by atoms with van der Waals surface area (Å²) in [5, 5.41) is 1.77. The molecule has 0 spiro atoms. The molecule has 1 aromatic carbocycles. The normalized spacial score (nSPS) is 10.8. The van der Waals surface area contributed by atoms with E-state index in [2.05, 4.69) is 4.98 Å². The zero-order chi connectivity index (χ0) is 17.1. The third-order valence-electron chi connectivity index (χ3n) is 3.77. The third kappa shape index (κ3) is 3.03. The zero-order valence-electron chi connectivity index (χ0n) is 13.4. The van der Waals surface area contributed by atoms with E-state index in [0.717, 1.165) is 11.3 Å². The summed E-state index contributed by atoms with van der Waals surface area (Å²) in [6, 6.07) is 7.51. The molecule has 6 nitrogen and oxygen atoms in total. The molecule has 124 valence electrons. The highest BCUT2D eigenvalue weighted by Gasteiger charge is 2.19. The Balaban J connectivity index is 1.87. The summed E-state index contributed by atoms with van der Waals surface area (Å²) in [7, 11) is 1.61. The minimum atomic E-state index is -0.334. The van der Waals surface area contributed by atoms with Crippen LogP contribution in [0, 0.1) is 0 Å². The van der Waals surface area contributed by atoms with E-state index in [1.54, 1.807) is 23.6 Å². The van der Waals surface area contributed by atoms with Gasteiger partial charge in [-0.05, 0) is 24.6 Å². The molecule has 0 aliphatic carbocycles. The maximum atomic E-state index is 12.7. The summed E-state index contributed by atoms with van der Waals surface area (Å²) in [6.07, 6.45) is 3.00. The van der Waals surface area contributed by atoms with Crippen molar-refractivity contribution in [2.45, 2.75) is 13.5 Å². The first-order valence-corrected chi connectivity index (χ1v) is 8.39. The van der Waals surface area contributed by atoms with Crippen molar-refractivity contribution in [3.8, 4) is 5.75 Å². The number of carbonyl (C=O) groups is 1. The number of ether oxygens (including phenoxy) is 1. The minimum absolute atomic E-state index is 0.0845. The molecule has 0 aliphatic rings. The highest BCUT2D eigenvalue weighted by Crippen LogP contribution is 2.14. The number of hydrogen-bond acceptors (Lipinski definition) is 5. The van der Waals surface area contributed by atoms with Gasteiger partial charge in [-0.3, -0.25) is 14.0 Å². The predicted molar refractivity (Wildman–Crippen MR) is 92.7 cm³/mol. The fourth-order valence-electron chi connectivity index (χ4n) is 2.42. The second kappa shape index (κ2) is 6.84. The van der Waals surface area contributed by atoms with Crippen LogP contribution in [0.1, 0.15) is 22.8 Å². The molecule has 0 unspecified atom stereocenters. The van der Waals surface area contributed by atoms with E-state index in [-0.39, 0.29) is 17.0 Å². The Morgan fingerprint density at radius 1 is 1.33 bits per heavy atom. The van der Waals surface area contributed by atoms with Gasteiger partial charge in [0.1, 0.15) is 11.3 Å². The van der Waals surface area contributed by atoms with Crippen molar-refractivity contribution in [2.75, 3.05) is 13.7 Å². The van der Waals surface area contributed by atoms with Gasteiger partial charge in [0.15, 0.2) is 4.96 Å². The van der Waals surface area contributed by atoms with Crippen molar-refractivity contribution in [1.82, 2.24) is 14.3 Å². The van der Waals surface area contributed by atoms with Crippen molar-refractivity contribution in [2.24, 2.45) is 0 Å². The lowest BCUT2D eigenvalue weighted by Crippen LogP contribution is -2.35. The molecular weight excluding hydrogens is 326 g/mol. The molecule has 3 rings (SSSR count). The number of benzene rings is 1. The van der Waals surface area contributed by atoms with Crippen LogP contribution in [0.25, 0.3) is 4.96 Å². The van der Waals surface area contributed by atoms with Crippen LogP contribution in [0.4, 0.5) is 0 Å². The molecule has 0 N–H and O–H groups in total. The number of aromatic nitrogens is 2. The second-order valence-electron chi connectivity index (χ2n) is 5.20. The van der Waals surface area contributed by atoms with Crippen LogP contribution in [0.5, 0.6) is 5.75 Å². The number of rotatable bonds is 5. The number of fused-ring (bicyclic) bond motifs is 1. The lowest BCUT2D eigenvalue weighted by atomic mass is 10.2. The van der Waals surface area contributed by atoms with E-state index in [1.807, 2.05) is 31.2 Å². The summed E-state index contributed by atoms with van der Waals surface area (Å²) >= 11 is 1.36. The van der Waals surface area contributed by atoms with Crippen molar-refractivity contribution < 1.29 is 9.53 Å². The lowest BCUT2D eigenvalue weighted by molar-refractivity contribution is 0.0750. The SMILES string of the molecule is CCN(Cc1ccc(OC)cc1)C(=O)c1cnc2sccn2c1=O. The van der Waals surface area contributed by atoms with Gasteiger partial charge < -0.3 is 9.64 Å². The summed E-state index contributed by atoms with van der Waals surface area (Å²) in [4.78, 5) is 31.6. The maximum Gasteiger partial charge on any atom is 0.271 e. The third-order valence-corrected chi connectivity index (χ3v) is 4.55. The summed E-state index contributed by atoms with van der Waals surface area (Å²) in [5.74, 6) is 0.449. The molecule has 3 aromatic rings. The van der Waals surface area contributed by atoms with E-state index in [4.69, 9.17) is 4.74 Å². The largest absolute Gasteiger partial charge is 0.497 e. The molecule has 7 heteroatoms. The van der Waals surface area contributed by atoms with Gasteiger partial charge in [-0.2, -0.15) is 0 Å².